The van der Waals surface area contributed by atoms with E-state index in [9.17, 15) is 4.79 Å². The topological polar surface area (TPSA) is 56.1 Å². The Balaban J connectivity index is 2.20. The van der Waals surface area contributed by atoms with Crippen LogP contribution in [0.2, 0.25) is 0 Å². The van der Waals surface area contributed by atoms with E-state index in [1.807, 2.05) is 18.9 Å². The second-order valence-corrected chi connectivity index (χ2v) is 3.97. The SMILES string of the molecule is CC(CC#N)N(C)CC(=O)NC1CC1. The van der Waals surface area contributed by atoms with Crippen LogP contribution in [-0.4, -0.2) is 36.5 Å². The average molecular weight is 195 g/mol. The minimum absolute atomic E-state index is 0.0692. The van der Waals surface area contributed by atoms with Crippen LogP contribution in [0.25, 0.3) is 0 Å². The summed E-state index contributed by atoms with van der Waals surface area (Å²) < 4.78 is 0. The molecule has 0 aromatic heterocycles. The van der Waals surface area contributed by atoms with Crippen LogP contribution in [0.3, 0.4) is 0 Å². The normalized spacial score (nSPS) is 17.6. The first kappa shape index (κ1) is 11.0. The largest absolute Gasteiger partial charge is 0.352 e. The number of rotatable bonds is 5. The Morgan fingerprint density at radius 1 is 1.71 bits per heavy atom. The third kappa shape index (κ3) is 3.75. The maximum Gasteiger partial charge on any atom is 0.234 e. The molecule has 1 amide bonds. The van der Waals surface area contributed by atoms with Crippen molar-refractivity contribution in [3.8, 4) is 6.07 Å². The van der Waals surface area contributed by atoms with Crippen molar-refractivity contribution < 1.29 is 4.79 Å². The van der Waals surface area contributed by atoms with E-state index >= 15 is 0 Å². The van der Waals surface area contributed by atoms with Gasteiger partial charge in [-0.05, 0) is 26.8 Å². The van der Waals surface area contributed by atoms with Crippen molar-refractivity contribution in [1.29, 1.82) is 5.26 Å². The molecule has 78 valence electrons. The molecule has 0 heterocycles. The van der Waals surface area contributed by atoms with Gasteiger partial charge >= 0.3 is 0 Å². The van der Waals surface area contributed by atoms with Gasteiger partial charge in [-0.1, -0.05) is 0 Å². The Kier molecular flexibility index (Phi) is 3.90. The maximum atomic E-state index is 11.4. The highest BCUT2D eigenvalue weighted by Gasteiger charge is 2.24. The van der Waals surface area contributed by atoms with Gasteiger partial charge in [0.1, 0.15) is 0 Å². The molecule has 1 fully saturated rings. The molecule has 4 nitrogen and oxygen atoms in total. The first-order chi connectivity index (χ1) is 6.63. The zero-order valence-corrected chi connectivity index (χ0v) is 8.79. The number of amides is 1. The smallest absolute Gasteiger partial charge is 0.234 e. The van der Waals surface area contributed by atoms with Crippen LogP contribution in [0.5, 0.6) is 0 Å². The molecule has 0 bridgehead atoms. The standard InChI is InChI=1S/C10H17N3O/c1-8(5-6-11)13(2)7-10(14)12-9-3-4-9/h8-9H,3-5,7H2,1-2H3,(H,12,14). The number of nitriles is 1. The van der Waals surface area contributed by atoms with Crippen molar-refractivity contribution in [3.05, 3.63) is 0 Å². The van der Waals surface area contributed by atoms with E-state index in [0.717, 1.165) is 12.8 Å². The number of hydrogen-bond acceptors (Lipinski definition) is 3. The summed E-state index contributed by atoms with van der Waals surface area (Å²) in [4.78, 5) is 13.3. The predicted octanol–water partition coefficient (Wildman–Crippen LogP) is 0.499. The molecule has 1 atom stereocenters. The number of likely N-dealkylation sites (N-methyl/N-ethyl adjacent to an activating group) is 1. The van der Waals surface area contributed by atoms with Crippen LogP contribution < -0.4 is 5.32 Å². The van der Waals surface area contributed by atoms with Crippen LogP contribution in [0.15, 0.2) is 0 Å². The Morgan fingerprint density at radius 2 is 2.36 bits per heavy atom. The van der Waals surface area contributed by atoms with E-state index in [1.54, 1.807) is 0 Å². The molecule has 0 aliphatic heterocycles. The molecule has 14 heavy (non-hydrogen) atoms. The van der Waals surface area contributed by atoms with Gasteiger partial charge in [-0.25, -0.2) is 0 Å². The van der Waals surface area contributed by atoms with Crippen LogP contribution in [0.4, 0.5) is 0 Å². The van der Waals surface area contributed by atoms with Gasteiger partial charge in [-0.15, -0.1) is 0 Å². The second kappa shape index (κ2) is 4.97. The summed E-state index contributed by atoms with van der Waals surface area (Å²) in [6.07, 6.45) is 2.69. The zero-order chi connectivity index (χ0) is 10.6. The van der Waals surface area contributed by atoms with Gasteiger partial charge in [-0.3, -0.25) is 9.69 Å². The Hall–Kier alpha value is -1.08. The van der Waals surface area contributed by atoms with Gasteiger partial charge in [0.25, 0.3) is 0 Å². The van der Waals surface area contributed by atoms with E-state index in [2.05, 4.69) is 11.4 Å². The monoisotopic (exact) mass is 195 g/mol. The molecule has 0 spiro atoms. The van der Waals surface area contributed by atoms with Crippen LogP contribution >= 0.6 is 0 Å². The molecule has 4 heteroatoms. The lowest BCUT2D eigenvalue weighted by molar-refractivity contribution is -0.122. The highest BCUT2D eigenvalue weighted by atomic mass is 16.2. The molecule has 0 aromatic rings. The molecule has 1 rings (SSSR count). The highest BCUT2D eigenvalue weighted by molar-refractivity contribution is 5.78. The lowest BCUT2D eigenvalue weighted by Gasteiger charge is -2.21. The van der Waals surface area contributed by atoms with Gasteiger partial charge < -0.3 is 5.32 Å². The molecule has 1 aliphatic carbocycles. The number of nitrogens with zero attached hydrogens (tertiary/aromatic N) is 2. The van der Waals surface area contributed by atoms with Gasteiger partial charge in [0.05, 0.1) is 19.0 Å². The van der Waals surface area contributed by atoms with Crippen molar-refractivity contribution in [2.75, 3.05) is 13.6 Å². The van der Waals surface area contributed by atoms with Crippen LogP contribution in [0, 0.1) is 11.3 Å². The molecule has 1 N–H and O–H groups in total. The Labute approximate surface area is 84.9 Å². The lowest BCUT2D eigenvalue weighted by atomic mass is 10.2. The van der Waals surface area contributed by atoms with Gasteiger partial charge in [0.15, 0.2) is 0 Å². The highest BCUT2D eigenvalue weighted by Crippen LogP contribution is 2.18. The molecule has 0 aromatic carbocycles. The van der Waals surface area contributed by atoms with Gasteiger partial charge in [-0.2, -0.15) is 5.26 Å². The van der Waals surface area contributed by atoms with E-state index in [0.29, 0.717) is 19.0 Å². The van der Waals surface area contributed by atoms with E-state index in [1.165, 1.54) is 0 Å². The molecular formula is C10H17N3O. The van der Waals surface area contributed by atoms with Crippen molar-refractivity contribution in [3.63, 3.8) is 0 Å². The average Bonchev–Trinajstić information content (AvgIpc) is 2.88. The van der Waals surface area contributed by atoms with Crippen LogP contribution in [-0.2, 0) is 4.79 Å². The molecule has 0 saturated heterocycles. The minimum Gasteiger partial charge on any atom is -0.352 e. The van der Waals surface area contributed by atoms with E-state index in [-0.39, 0.29) is 11.9 Å². The predicted molar refractivity (Wildman–Crippen MR) is 53.5 cm³/mol. The van der Waals surface area contributed by atoms with E-state index < -0.39 is 0 Å². The molecule has 1 unspecified atom stereocenters. The fourth-order valence-electron chi connectivity index (χ4n) is 1.17. The number of hydrogen-bond donors (Lipinski definition) is 1. The van der Waals surface area contributed by atoms with Crippen molar-refractivity contribution in [1.82, 2.24) is 10.2 Å². The molecule has 1 saturated carbocycles. The summed E-state index contributed by atoms with van der Waals surface area (Å²) in [5, 5.41) is 11.4. The number of carbonyl (C=O) groups excluding carboxylic acids is 1. The lowest BCUT2D eigenvalue weighted by Crippen LogP contribution is -2.40. The van der Waals surface area contributed by atoms with Crippen molar-refractivity contribution in [2.24, 2.45) is 0 Å². The minimum atomic E-state index is 0.0692. The summed E-state index contributed by atoms with van der Waals surface area (Å²) in [6.45, 7) is 2.34. The summed E-state index contributed by atoms with van der Waals surface area (Å²) >= 11 is 0. The zero-order valence-electron chi connectivity index (χ0n) is 8.79. The first-order valence-electron chi connectivity index (χ1n) is 5.00. The first-order valence-corrected chi connectivity index (χ1v) is 5.00. The molecule has 1 aliphatic rings. The summed E-state index contributed by atoms with van der Waals surface area (Å²) in [5.41, 5.74) is 0. The fourth-order valence-corrected chi connectivity index (χ4v) is 1.17. The van der Waals surface area contributed by atoms with Crippen LogP contribution in [0.1, 0.15) is 26.2 Å². The fraction of sp³-hybridized carbons (Fsp3) is 0.800. The Bertz CT molecular complexity index is 242. The summed E-state index contributed by atoms with van der Waals surface area (Å²) in [6, 6.07) is 2.66. The quantitative estimate of drug-likeness (QED) is 0.695. The summed E-state index contributed by atoms with van der Waals surface area (Å²) in [7, 11) is 1.87. The third-order valence-corrected chi connectivity index (χ3v) is 2.47. The van der Waals surface area contributed by atoms with Crippen molar-refractivity contribution in [2.45, 2.75) is 38.3 Å². The number of carbonyl (C=O) groups is 1. The summed E-state index contributed by atoms with van der Waals surface area (Å²) in [5.74, 6) is 0.0692. The number of nitrogens with one attached hydrogen (secondary N) is 1. The van der Waals surface area contributed by atoms with Gasteiger partial charge in [0, 0.05) is 12.1 Å². The van der Waals surface area contributed by atoms with E-state index in [4.69, 9.17) is 5.26 Å². The second-order valence-electron chi connectivity index (χ2n) is 3.97. The van der Waals surface area contributed by atoms with Gasteiger partial charge in [0.2, 0.25) is 5.91 Å². The third-order valence-electron chi connectivity index (χ3n) is 2.47. The maximum absolute atomic E-state index is 11.4. The Morgan fingerprint density at radius 3 is 2.86 bits per heavy atom. The molecular weight excluding hydrogens is 178 g/mol. The molecule has 0 radical (unpaired) electrons. The van der Waals surface area contributed by atoms with Crippen molar-refractivity contribution >= 4 is 5.91 Å².